The highest BCUT2D eigenvalue weighted by molar-refractivity contribution is 5.98. The van der Waals surface area contributed by atoms with E-state index >= 15 is 0 Å². The topological polar surface area (TPSA) is 29.1 Å². The summed E-state index contributed by atoms with van der Waals surface area (Å²) in [6.07, 6.45) is 0. The molecular formula is C11H10F3NO. The van der Waals surface area contributed by atoms with Crippen molar-refractivity contribution in [2.24, 2.45) is 0 Å². The van der Waals surface area contributed by atoms with Gasteiger partial charge in [-0.2, -0.15) is 8.78 Å². The van der Waals surface area contributed by atoms with Crippen LogP contribution in [-0.4, -0.2) is 11.4 Å². The van der Waals surface area contributed by atoms with Gasteiger partial charge in [0.25, 0.3) is 11.8 Å². The minimum Gasteiger partial charge on any atom is -0.341 e. The molecule has 1 N–H and O–H groups in total. The van der Waals surface area contributed by atoms with E-state index in [0.717, 1.165) is 6.07 Å². The molecule has 86 valence electrons. The highest BCUT2D eigenvalue weighted by Gasteiger charge is 2.55. The van der Waals surface area contributed by atoms with Crippen LogP contribution in [-0.2, 0) is 5.92 Å². The lowest BCUT2D eigenvalue weighted by atomic mass is 9.83. The lowest BCUT2D eigenvalue weighted by molar-refractivity contribution is -0.0872. The molecule has 1 aliphatic rings. The Morgan fingerprint density at radius 1 is 1.25 bits per heavy atom. The zero-order chi connectivity index (χ0) is 12.1. The first-order valence-electron chi connectivity index (χ1n) is 4.77. The van der Waals surface area contributed by atoms with Crippen LogP contribution in [0.3, 0.4) is 0 Å². The second-order valence-electron chi connectivity index (χ2n) is 4.32. The summed E-state index contributed by atoms with van der Waals surface area (Å²) in [5.74, 6) is -5.16. The van der Waals surface area contributed by atoms with Crippen molar-refractivity contribution in [3.05, 3.63) is 35.1 Å². The lowest BCUT2D eigenvalue weighted by Crippen LogP contribution is -2.59. The number of hydrogen-bond acceptors (Lipinski definition) is 1. The molecule has 0 radical (unpaired) electrons. The SMILES string of the molecule is CC1(C)NC(=O)c2cccc(F)c2C1(F)F. The summed E-state index contributed by atoms with van der Waals surface area (Å²) in [5.41, 5.74) is -2.91. The number of alkyl halides is 2. The van der Waals surface area contributed by atoms with Crippen LogP contribution in [0.15, 0.2) is 18.2 Å². The molecule has 2 nitrogen and oxygen atoms in total. The number of benzene rings is 1. The standard InChI is InChI=1S/C11H10F3NO/c1-10(2)11(13,14)8-6(9(16)15-10)4-3-5-7(8)12/h3-5H,1-2H3,(H,15,16). The first kappa shape index (κ1) is 11.0. The molecule has 0 unspecified atom stereocenters. The van der Waals surface area contributed by atoms with E-state index in [0.29, 0.717) is 0 Å². The van der Waals surface area contributed by atoms with E-state index in [1.807, 2.05) is 0 Å². The summed E-state index contributed by atoms with van der Waals surface area (Å²) >= 11 is 0. The normalized spacial score (nSPS) is 21.2. The predicted octanol–water partition coefficient (Wildman–Crippen LogP) is 2.44. The van der Waals surface area contributed by atoms with E-state index in [-0.39, 0.29) is 5.56 Å². The van der Waals surface area contributed by atoms with Gasteiger partial charge in [0, 0.05) is 0 Å². The number of amides is 1. The van der Waals surface area contributed by atoms with Gasteiger partial charge >= 0.3 is 0 Å². The third-order valence-electron chi connectivity index (χ3n) is 2.78. The largest absolute Gasteiger partial charge is 0.341 e. The molecule has 1 heterocycles. The van der Waals surface area contributed by atoms with Crippen molar-refractivity contribution >= 4 is 5.91 Å². The van der Waals surface area contributed by atoms with Gasteiger partial charge in [0.1, 0.15) is 11.4 Å². The summed E-state index contributed by atoms with van der Waals surface area (Å²) in [6.45, 7) is 2.33. The fraction of sp³-hybridized carbons (Fsp3) is 0.364. The molecule has 1 amide bonds. The average Bonchev–Trinajstić information content (AvgIpc) is 2.14. The van der Waals surface area contributed by atoms with E-state index in [9.17, 15) is 18.0 Å². The molecule has 0 saturated carbocycles. The van der Waals surface area contributed by atoms with Gasteiger partial charge in [0.15, 0.2) is 0 Å². The maximum atomic E-state index is 14.0. The maximum Gasteiger partial charge on any atom is 0.298 e. The summed E-state index contributed by atoms with van der Waals surface area (Å²) in [4.78, 5) is 11.5. The average molecular weight is 229 g/mol. The fourth-order valence-electron chi connectivity index (χ4n) is 1.77. The Kier molecular flexibility index (Phi) is 2.05. The molecular weight excluding hydrogens is 219 g/mol. The minimum atomic E-state index is -3.43. The molecule has 5 heteroatoms. The Morgan fingerprint density at radius 3 is 2.50 bits per heavy atom. The van der Waals surface area contributed by atoms with E-state index in [1.54, 1.807) is 0 Å². The molecule has 1 aliphatic heterocycles. The number of halogens is 3. The molecule has 0 fully saturated rings. The maximum absolute atomic E-state index is 14.0. The number of carbonyl (C=O) groups is 1. The first-order valence-corrected chi connectivity index (χ1v) is 4.77. The van der Waals surface area contributed by atoms with E-state index in [4.69, 9.17) is 0 Å². The van der Waals surface area contributed by atoms with E-state index in [1.165, 1.54) is 26.0 Å². The Hall–Kier alpha value is -1.52. The van der Waals surface area contributed by atoms with E-state index in [2.05, 4.69) is 5.32 Å². The molecule has 1 aromatic rings. The van der Waals surface area contributed by atoms with Crippen molar-refractivity contribution < 1.29 is 18.0 Å². The molecule has 0 atom stereocenters. The van der Waals surface area contributed by atoms with Gasteiger partial charge in [-0.15, -0.1) is 0 Å². The molecule has 0 aliphatic carbocycles. The fourth-order valence-corrected chi connectivity index (χ4v) is 1.77. The molecule has 16 heavy (non-hydrogen) atoms. The summed E-state index contributed by atoms with van der Waals surface area (Å²) in [5, 5.41) is 2.17. The van der Waals surface area contributed by atoms with Gasteiger partial charge < -0.3 is 5.32 Å². The minimum absolute atomic E-state index is 0.302. The van der Waals surface area contributed by atoms with Crippen LogP contribution in [0.2, 0.25) is 0 Å². The van der Waals surface area contributed by atoms with Gasteiger partial charge in [-0.1, -0.05) is 6.07 Å². The molecule has 0 aromatic heterocycles. The molecule has 0 spiro atoms. The molecule has 1 aromatic carbocycles. The summed E-state index contributed by atoms with van der Waals surface area (Å²) in [6, 6.07) is 3.36. The molecule has 0 saturated heterocycles. The van der Waals surface area contributed by atoms with Crippen LogP contribution in [0.5, 0.6) is 0 Å². The number of fused-ring (bicyclic) bond motifs is 1. The van der Waals surface area contributed by atoms with Crippen LogP contribution >= 0.6 is 0 Å². The first-order chi connectivity index (χ1) is 7.27. The van der Waals surface area contributed by atoms with E-state index < -0.39 is 28.7 Å². The van der Waals surface area contributed by atoms with Gasteiger partial charge in [-0.05, 0) is 26.0 Å². The molecule has 0 bridgehead atoms. The van der Waals surface area contributed by atoms with Crippen molar-refractivity contribution in [2.45, 2.75) is 25.3 Å². The number of rotatable bonds is 0. The van der Waals surface area contributed by atoms with Crippen molar-refractivity contribution in [1.29, 1.82) is 0 Å². The highest BCUT2D eigenvalue weighted by atomic mass is 19.3. The monoisotopic (exact) mass is 229 g/mol. The second kappa shape index (κ2) is 2.99. The Bertz CT molecular complexity index is 468. The lowest BCUT2D eigenvalue weighted by Gasteiger charge is -2.39. The Balaban J connectivity index is 2.76. The number of nitrogens with one attached hydrogen (secondary N) is 1. The summed E-state index contributed by atoms with van der Waals surface area (Å²) < 4.78 is 41.3. The second-order valence-corrected chi connectivity index (χ2v) is 4.32. The predicted molar refractivity (Wildman–Crippen MR) is 51.8 cm³/mol. The smallest absolute Gasteiger partial charge is 0.298 e. The summed E-state index contributed by atoms with van der Waals surface area (Å²) in [7, 11) is 0. The van der Waals surface area contributed by atoms with Crippen LogP contribution in [0.1, 0.15) is 29.8 Å². The Morgan fingerprint density at radius 2 is 1.88 bits per heavy atom. The van der Waals surface area contributed by atoms with Crippen LogP contribution in [0, 0.1) is 5.82 Å². The van der Waals surface area contributed by atoms with Gasteiger partial charge in [-0.3, -0.25) is 4.79 Å². The van der Waals surface area contributed by atoms with Gasteiger partial charge in [-0.25, -0.2) is 4.39 Å². The van der Waals surface area contributed by atoms with Gasteiger partial charge in [0.05, 0.1) is 11.1 Å². The third-order valence-corrected chi connectivity index (χ3v) is 2.78. The highest BCUT2D eigenvalue weighted by Crippen LogP contribution is 2.44. The van der Waals surface area contributed by atoms with Crippen LogP contribution < -0.4 is 5.32 Å². The Labute approximate surface area is 90.5 Å². The number of carbonyl (C=O) groups excluding carboxylic acids is 1. The van der Waals surface area contributed by atoms with Crippen LogP contribution in [0.4, 0.5) is 13.2 Å². The molecule has 2 rings (SSSR count). The van der Waals surface area contributed by atoms with Crippen LogP contribution in [0.25, 0.3) is 0 Å². The quantitative estimate of drug-likeness (QED) is 0.727. The van der Waals surface area contributed by atoms with Crippen molar-refractivity contribution in [2.75, 3.05) is 0 Å². The van der Waals surface area contributed by atoms with Crippen molar-refractivity contribution in [3.8, 4) is 0 Å². The zero-order valence-electron chi connectivity index (χ0n) is 8.77. The van der Waals surface area contributed by atoms with Gasteiger partial charge in [0.2, 0.25) is 0 Å². The number of hydrogen-bond donors (Lipinski definition) is 1. The zero-order valence-corrected chi connectivity index (χ0v) is 8.77. The van der Waals surface area contributed by atoms with Crippen molar-refractivity contribution in [1.82, 2.24) is 5.32 Å². The van der Waals surface area contributed by atoms with Crippen molar-refractivity contribution in [3.63, 3.8) is 0 Å². The third kappa shape index (κ3) is 1.24.